The van der Waals surface area contributed by atoms with Crippen molar-refractivity contribution in [2.24, 2.45) is 10.8 Å². The van der Waals surface area contributed by atoms with Crippen LogP contribution in [0, 0.1) is 10.8 Å². The van der Waals surface area contributed by atoms with Crippen LogP contribution in [0.2, 0.25) is 0 Å². The highest BCUT2D eigenvalue weighted by molar-refractivity contribution is 5.21. The van der Waals surface area contributed by atoms with E-state index in [1.165, 1.54) is 36.9 Å². The third-order valence-corrected chi connectivity index (χ3v) is 7.83. The summed E-state index contributed by atoms with van der Waals surface area (Å²) in [6, 6.07) is 0. The van der Waals surface area contributed by atoms with Gasteiger partial charge in [-0.05, 0) is 62.7 Å². The van der Waals surface area contributed by atoms with Crippen LogP contribution in [-0.4, -0.2) is 41.7 Å². The summed E-state index contributed by atoms with van der Waals surface area (Å²) in [5.41, 5.74) is -0.0603. The number of ether oxygens (including phenoxy) is 1. The number of unbranched alkanes of at least 4 members (excludes halogenated alkanes) is 3. The number of imidazole rings is 2. The molecule has 0 unspecified atom stereocenters. The highest BCUT2D eigenvalue weighted by Crippen LogP contribution is 2.30. The molecule has 2 aromatic heterocycles. The lowest BCUT2D eigenvalue weighted by atomic mass is 9.82. The van der Waals surface area contributed by atoms with E-state index in [1.807, 2.05) is 6.92 Å². The first kappa shape index (κ1) is 32.5. The maximum absolute atomic E-state index is 12.2. The molecule has 0 aromatic carbocycles. The van der Waals surface area contributed by atoms with E-state index in [0.29, 0.717) is 19.6 Å². The predicted molar refractivity (Wildman–Crippen MR) is 157 cm³/mol. The molecule has 0 saturated heterocycles. The Morgan fingerprint density at radius 2 is 1.28 bits per heavy atom. The number of rotatable bonds is 20. The summed E-state index contributed by atoms with van der Waals surface area (Å²) in [6.07, 6.45) is 14.6. The van der Waals surface area contributed by atoms with Crippen molar-refractivity contribution in [2.45, 2.75) is 118 Å². The van der Waals surface area contributed by atoms with Crippen LogP contribution < -0.4 is 11.4 Å². The van der Waals surface area contributed by atoms with Gasteiger partial charge in [0.25, 0.3) is 0 Å². The van der Waals surface area contributed by atoms with Crippen molar-refractivity contribution in [1.29, 1.82) is 0 Å². The Morgan fingerprint density at radius 3 is 1.79 bits per heavy atom. The van der Waals surface area contributed by atoms with Crippen LogP contribution in [0.3, 0.4) is 0 Å². The summed E-state index contributed by atoms with van der Waals surface area (Å²) in [6.45, 7) is 17.7. The molecule has 2 aromatic rings. The largest absolute Gasteiger partial charge is 0.493 e. The number of hydrogen-bond donors (Lipinski definition) is 2. The lowest BCUT2D eigenvalue weighted by molar-refractivity contribution is 0.119. The number of aromatic nitrogens is 4. The van der Waals surface area contributed by atoms with Crippen molar-refractivity contribution in [2.75, 3.05) is 13.2 Å². The lowest BCUT2D eigenvalue weighted by Gasteiger charge is -2.25. The van der Waals surface area contributed by atoms with Crippen LogP contribution in [0.1, 0.15) is 98.8 Å². The van der Waals surface area contributed by atoms with Gasteiger partial charge in [0, 0.05) is 39.0 Å². The Morgan fingerprint density at radius 1 is 0.769 bits per heavy atom. The zero-order valence-electron chi connectivity index (χ0n) is 25.0. The second-order valence-corrected chi connectivity index (χ2v) is 12.3. The molecule has 222 valence electrons. The van der Waals surface area contributed by atoms with E-state index < -0.39 is 0 Å². The molecule has 0 bridgehead atoms. The van der Waals surface area contributed by atoms with Crippen LogP contribution in [0.25, 0.3) is 6.20 Å². The van der Waals surface area contributed by atoms with Gasteiger partial charge in [-0.15, -0.1) is 0 Å². The first-order valence-corrected chi connectivity index (χ1v) is 14.6. The monoisotopic (exact) mass is 548 g/mol. The molecule has 2 heterocycles. The van der Waals surface area contributed by atoms with Crippen molar-refractivity contribution < 1.29 is 14.9 Å². The predicted octanol–water partition coefficient (Wildman–Crippen LogP) is 5.81. The minimum atomic E-state index is -0.257. The van der Waals surface area contributed by atoms with Gasteiger partial charge in [-0.1, -0.05) is 53.5 Å². The summed E-state index contributed by atoms with van der Waals surface area (Å²) < 4.78 is 11.6. The van der Waals surface area contributed by atoms with E-state index in [9.17, 15) is 19.8 Å². The van der Waals surface area contributed by atoms with E-state index in [0.717, 1.165) is 77.4 Å². The van der Waals surface area contributed by atoms with Gasteiger partial charge in [0.05, 0.1) is 12.4 Å². The molecule has 0 atom stereocenters. The van der Waals surface area contributed by atoms with Crippen molar-refractivity contribution in [3.05, 3.63) is 39.9 Å². The smallest absolute Gasteiger partial charge is 0.335 e. The topological polar surface area (TPSA) is 104 Å². The number of aryl methyl sites for hydroxylation is 1. The molecule has 0 aliphatic heterocycles. The Labute approximate surface area is 233 Å². The Kier molecular flexibility index (Phi) is 12.7. The van der Waals surface area contributed by atoms with Gasteiger partial charge >= 0.3 is 11.4 Å². The van der Waals surface area contributed by atoms with Gasteiger partial charge in [-0.2, -0.15) is 0 Å². The number of aromatic hydroxyl groups is 2. The van der Waals surface area contributed by atoms with E-state index in [-0.39, 0.29) is 34.0 Å². The van der Waals surface area contributed by atoms with E-state index >= 15 is 0 Å². The van der Waals surface area contributed by atoms with Crippen molar-refractivity contribution >= 4 is 6.20 Å². The van der Waals surface area contributed by atoms with Crippen LogP contribution in [-0.2, 0) is 24.4 Å². The van der Waals surface area contributed by atoms with Gasteiger partial charge in [-0.25, -0.2) is 9.59 Å². The van der Waals surface area contributed by atoms with E-state index in [1.54, 1.807) is 0 Å². The first-order chi connectivity index (χ1) is 18.4. The van der Waals surface area contributed by atoms with Gasteiger partial charge < -0.3 is 14.9 Å². The zero-order chi connectivity index (χ0) is 29.1. The molecule has 9 nitrogen and oxygen atoms in total. The van der Waals surface area contributed by atoms with Gasteiger partial charge in [0.15, 0.2) is 0 Å². The van der Waals surface area contributed by atoms with Crippen LogP contribution >= 0.6 is 0 Å². The highest BCUT2D eigenvalue weighted by atomic mass is 16.5. The zero-order valence-corrected chi connectivity index (χ0v) is 25.0. The van der Waals surface area contributed by atoms with Crippen LogP contribution in [0.5, 0.6) is 11.8 Å². The third kappa shape index (κ3) is 10.4. The summed E-state index contributed by atoms with van der Waals surface area (Å²) in [4.78, 5) is 24.4. The Balaban J connectivity index is 1.51. The van der Waals surface area contributed by atoms with Gasteiger partial charge in [0.1, 0.15) is 0 Å². The summed E-state index contributed by atoms with van der Waals surface area (Å²) in [5, 5.41) is 20.0. The molecule has 0 radical (unpaired) electrons. The van der Waals surface area contributed by atoms with Crippen LogP contribution in [0.15, 0.2) is 28.6 Å². The van der Waals surface area contributed by atoms with Crippen molar-refractivity contribution in [3.8, 4) is 11.8 Å². The minimum Gasteiger partial charge on any atom is -0.493 e. The molecule has 0 aliphatic carbocycles. The first-order valence-electron chi connectivity index (χ1n) is 14.6. The third-order valence-electron chi connectivity index (χ3n) is 7.83. The molecule has 0 amide bonds. The fraction of sp³-hybridized carbons (Fsp3) is 0.733. The number of nitrogens with zero attached hydrogens (tertiary/aromatic N) is 4. The SMILES string of the molecule is C=Cn1cc(O)n(CCC(C)(C)CCCCOCCCCC(C)(C)CCCCn2c(O)cn(CC)c2=O)c1=O. The summed E-state index contributed by atoms with van der Waals surface area (Å²) in [5.74, 6) is 0.0321. The molecule has 2 rings (SSSR count). The normalized spacial score (nSPS) is 12.3. The summed E-state index contributed by atoms with van der Waals surface area (Å²) >= 11 is 0. The fourth-order valence-corrected chi connectivity index (χ4v) is 5.04. The molecule has 0 spiro atoms. The lowest BCUT2D eigenvalue weighted by Crippen LogP contribution is -2.24. The fourth-order valence-electron chi connectivity index (χ4n) is 5.04. The van der Waals surface area contributed by atoms with Crippen LogP contribution in [0.4, 0.5) is 0 Å². The number of hydrogen-bond acceptors (Lipinski definition) is 5. The Hall–Kier alpha value is -2.68. The molecular formula is C30H52N4O5. The molecule has 0 saturated carbocycles. The maximum atomic E-state index is 12.2. The molecule has 0 fully saturated rings. The molecular weight excluding hydrogens is 496 g/mol. The molecule has 9 heteroatoms. The standard InChI is InChI=1S/C30H52N4O5/c1-7-31-23-25(35)33(27(31)37)19-12-9-15-29(3,4)16-10-13-21-39-22-14-11-17-30(5,6)18-20-34-26(36)24-32(8-2)28(34)38/h8,23-24,35-36H,2,7,9-22H2,1,3-6H3. The maximum Gasteiger partial charge on any atom is 0.335 e. The Bertz CT molecular complexity index is 1140. The average Bonchev–Trinajstić information content (AvgIpc) is 3.32. The molecule has 0 aliphatic rings. The van der Waals surface area contributed by atoms with Crippen molar-refractivity contribution in [1.82, 2.24) is 18.3 Å². The molecule has 39 heavy (non-hydrogen) atoms. The second-order valence-electron chi connectivity index (χ2n) is 12.3. The molecule has 2 N–H and O–H groups in total. The van der Waals surface area contributed by atoms with Gasteiger partial charge in [-0.3, -0.25) is 18.3 Å². The van der Waals surface area contributed by atoms with Crippen molar-refractivity contribution in [3.63, 3.8) is 0 Å². The average molecular weight is 549 g/mol. The quantitative estimate of drug-likeness (QED) is 0.203. The second kappa shape index (κ2) is 15.2. The summed E-state index contributed by atoms with van der Waals surface area (Å²) in [7, 11) is 0. The van der Waals surface area contributed by atoms with E-state index in [4.69, 9.17) is 4.74 Å². The minimum absolute atomic E-state index is 0.0231. The van der Waals surface area contributed by atoms with E-state index in [2.05, 4.69) is 34.3 Å². The van der Waals surface area contributed by atoms with Gasteiger partial charge in [0.2, 0.25) is 11.8 Å². The highest BCUT2D eigenvalue weighted by Gasteiger charge is 2.20.